The Bertz CT molecular complexity index is 144. The monoisotopic (exact) mass is 138 g/mol. The van der Waals surface area contributed by atoms with Crippen molar-refractivity contribution in [1.82, 2.24) is 4.98 Å². The van der Waals surface area contributed by atoms with Crippen molar-refractivity contribution in [2.75, 3.05) is 0 Å². The molecule has 0 saturated heterocycles. The number of carbonyl (C=O) groups excluding carboxylic acids is 1. The molecule has 10 heavy (non-hydrogen) atoms. The number of nitrogens with zero attached hydrogens (tertiary/aromatic N) is 1. The quantitative estimate of drug-likeness (QED) is 0.570. The van der Waals surface area contributed by atoms with Crippen molar-refractivity contribution in [3.63, 3.8) is 0 Å². The summed E-state index contributed by atoms with van der Waals surface area (Å²) in [5.41, 5.74) is 4.47. The molecular weight excluding hydrogens is 128 g/mol. The molecule has 54 valence electrons. The first-order valence-electron chi connectivity index (χ1n) is 2.84. The highest BCUT2D eigenvalue weighted by molar-refractivity contribution is 5.70. The van der Waals surface area contributed by atoms with E-state index in [2.05, 4.69) is 10.7 Å². The molecule has 0 atom stereocenters. The minimum absolute atomic E-state index is 0.333. The zero-order valence-electron chi connectivity index (χ0n) is 5.82. The average molecular weight is 138 g/mol. The van der Waals surface area contributed by atoms with E-state index in [1.165, 1.54) is 6.92 Å². The smallest absolute Gasteiger partial charge is 0.214 e. The van der Waals surface area contributed by atoms with Gasteiger partial charge in [0, 0.05) is 19.3 Å². The third-order valence-corrected chi connectivity index (χ3v) is 0.566. The van der Waals surface area contributed by atoms with Gasteiger partial charge in [-0.3, -0.25) is 9.78 Å². The molecule has 0 saturated carbocycles. The van der Waals surface area contributed by atoms with Crippen molar-refractivity contribution in [3.05, 3.63) is 30.6 Å². The normalized spacial score (nSPS) is 7.30. The van der Waals surface area contributed by atoms with E-state index in [0.29, 0.717) is 0 Å². The van der Waals surface area contributed by atoms with Crippen LogP contribution in [-0.4, -0.2) is 10.9 Å². The molecule has 0 radical (unpaired) electrons. The van der Waals surface area contributed by atoms with Gasteiger partial charge in [0.15, 0.2) is 0 Å². The summed E-state index contributed by atoms with van der Waals surface area (Å²) in [5, 5.41) is 0. The maximum absolute atomic E-state index is 9.22. The predicted molar refractivity (Wildman–Crippen MR) is 39.1 cm³/mol. The van der Waals surface area contributed by atoms with Crippen molar-refractivity contribution in [2.45, 2.75) is 6.92 Å². The molecule has 1 rings (SSSR count). The van der Waals surface area contributed by atoms with Gasteiger partial charge < -0.3 is 5.73 Å². The molecule has 0 unspecified atom stereocenters. The minimum atomic E-state index is -0.333. The molecule has 3 heteroatoms. The Morgan fingerprint density at radius 1 is 1.30 bits per heavy atom. The van der Waals surface area contributed by atoms with Crippen LogP contribution in [0.5, 0.6) is 0 Å². The highest BCUT2D eigenvalue weighted by Crippen LogP contribution is 1.73. The van der Waals surface area contributed by atoms with Crippen LogP contribution in [-0.2, 0) is 4.79 Å². The Kier molecular flexibility index (Phi) is 4.96. The second-order valence-corrected chi connectivity index (χ2v) is 1.64. The number of pyridine rings is 1. The lowest BCUT2D eigenvalue weighted by Gasteiger charge is -1.70. The number of amides is 1. The second-order valence-electron chi connectivity index (χ2n) is 1.64. The Labute approximate surface area is 59.9 Å². The topological polar surface area (TPSA) is 56.0 Å². The van der Waals surface area contributed by atoms with Gasteiger partial charge in [0.25, 0.3) is 0 Å². The van der Waals surface area contributed by atoms with Gasteiger partial charge in [0.2, 0.25) is 5.91 Å². The molecule has 0 aliphatic carbocycles. The van der Waals surface area contributed by atoms with Crippen LogP contribution in [0.2, 0.25) is 0 Å². The lowest BCUT2D eigenvalue weighted by atomic mass is 10.5. The molecule has 0 spiro atoms. The van der Waals surface area contributed by atoms with Gasteiger partial charge in [-0.25, -0.2) is 0 Å². The third kappa shape index (κ3) is 9.80. The molecule has 1 heterocycles. The molecule has 0 aliphatic rings. The predicted octanol–water partition coefficient (Wildman–Crippen LogP) is 0.573. The molecule has 3 nitrogen and oxygen atoms in total. The molecule has 0 aliphatic heterocycles. The van der Waals surface area contributed by atoms with Crippen molar-refractivity contribution >= 4 is 5.91 Å². The number of aromatic nitrogens is 1. The summed E-state index contributed by atoms with van der Waals surface area (Å²) < 4.78 is 0. The van der Waals surface area contributed by atoms with Crippen LogP contribution in [0, 0.1) is 0 Å². The van der Waals surface area contributed by atoms with Gasteiger partial charge in [-0.05, 0) is 12.1 Å². The number of hydrogen-bond donors (Lipinski definition) is 1. The van der Waals surface area contributed by atoms with E-state index >= 15 is 0 Å². The van der Waals surface area contributed by atoms with Crippen LogP contribution in [0.1, 0.15) is 6.92 Å². The lowest BCUT2D eigenvalue weighted by molar-refractivity contribution is -0.115. The third-order valence-electron chi connectivity index (χ3n) is 0.566. The standard InChI is InChI=1S/C5H5N.C2H5NO/c1-2-4-6-5-3-1;1-2(3)4/h1-5H;1H3,(H2,3,4). The summed E-state index contributed by atoms with van der Waals surface area (Å²) in [6.45, 7) is 1.31. The SMILES string of the molecule is CC(N)=O.c1ccncc1. The fraction of sp³-hybridized carbons (Fsp3) is 0.143. The summed E-state index contributed by atoms with van der Waals surface area (Å²) in [7, 11) is 0. The first kappa shape index (κ1) is 8.62. The first-order valence-corrected chi connectivity index (χ1v) is 2.84. The molecule has 1 aromatic heterocycles. The highest BCUT2D eigenvalue weighted by Gasteiger charge is 1.61. The fourth-order valence-electron chi connectivity index (χ4n) is 0.313. The molecule has 0 fully saturated rings. The zero-order chi connectivity index (χ0) is 7.82. The molecule has 0 aromatic carbocycles. The van der Waals surface area contributed by atoms with Crippen molar-refractivity contribution in [3.8, 4) is 0 Å². The largest absolute Gasteiger partial charge is 0.370 e. The van der Waals surface area contributed by atoms with Gasteiger partial charge in [-0.1, -0.05) is 6.07 Å². The van der Waals surface area contributed by atoms with E-state index in [1.54, 1.807) is 12.4 Å². The average Bonchev–Trinajstić information content (AvgIpc) is 1.90. The van der Waals surface area contributed by atoms with Crippen molar-refractivity contribution in [1.29, 1.82) is 0 Å². The Morgan fingerprint density at radius 2 is 1.70 bits per heavy atom. The summed E-state index contributed by atoms with van der Waals surface area (Å²) in [5.74, 6) is -0.333. The maximum atomic E-state index is 9.22. The van der Waals surface area contributed by atoms with Crippen LogP contribution in [0.4, 0.5) is 0 Å². The van der Waals surface area contributed by atoms with E-state index in [4.69, 9.17) is 0 Å². The lowest BCUT2D eigenvalue weighted by Crippen LogP contribution is -2.01. The molecule has 1 amide bonds. The minimum Gasteiger partial charge on any atom is -0.370 e. The first-order chi connectivity index (χ1) is 4.73. The van der Waals surface area contributed by atoms with Gasteiger partial charge in [-0.2, -0.15) is 0 Å². The second kappa shape index (κ2) is 5.75. The number of hydrogen-bond acceptors (Lipinski definition) is 2. The van der Waals surface area contributed by atoms with Gasteiger partial charge >= 0.3 is 0 Å². The van der Waals surface area contributed by atoms with Crippen LogP contribution >= 0.6 is 0 Å². The maximum Gasteiger partial charge on any atom is 0.214 e. The van der Waals surface area contributed by atoms with Gasteiger partial charge in [0.1, 0.15) is 0 Å². The number of nitrogens with two attached hydrogens (primary N) is 1. The number of carbonyl (C=O) groups is 1. The fourth-order valence-corrected chi connectivity index (χ4v) is 0.313. The van der Waals surface area contributed by atoms with Crippen molar-refractivity contribution in [2.24, 2.45) is 5.73 Å². The van der Waals surface area contributed by atoms with Crippen LogP contribution < -0.4 is 5.73 Å². The van der Waals surface area contributed by atoms with Crippen LogP contribution in [0.3, 0.4) is 0 Å². The van der Waals surface area contributed by atoms with Gasteiger partial charge in [0.05, 0.1) is 0 Å². The summed E-state index contributed by atoms with van der Waals surface area (Å²) in [6.07, 6.45) is 3.50. The Balaban J connectivity index is 0.000000180. The molecule has 1 aromatic rings. The summed E-state index contributed by atoms with van der Waals surface area (Å²) >= 11 is 0. The molecular formula is C7H10N2O. The zero-order valence-corrected chi connectivity index (χ0v) is 5.82. The number of rotatable bonds is 0. The summed E-state index contributed by atoms with van der Waals surface area (Å²) in [4.78, 5) is 13.0. The number of primary amides is 1. The molecule has 2 N–H and O–H groups in total. The van der Waals surface area contributed by atoms with E-state index in [-0.39, 0.29) is 5.91 Å². The van der Waals surface area contributed by atoms with Crippen molar-refractivity contribution < 1.29 is 4.79 Å². The van der Waals surface area contributed by atoms with E-state index in [1.807, 2.05) is 18.2 Å². The van der Waals surface area contributed by atoms with Crippen LogP contribution in [0.15, 0.2) is 30.6 Å². The van der Waals surface area contributed by atoms with E-state index in [9.17, 15) is 4.79 Å². The van der Waals surface area contributed by atoms with E-state index in [0.717, 1.165) is 0 Å². The Hall–Kier alpha value is -1.38. The van der Waals surface area contributed by atoms with E-state index < -0.39 is 0 Å². The van der Waals surface area contributed by atoms with Crippen LogP contribution in [0.25, 0.3) is 0 Å². The Morgan fingerprint density at radius 3 is 1.80 bits per heavy atom. The molecule has 0 bridgehead atoms. The van der Waals surface area contributed by atoms with Gasteiger partial charge in [-0.15, -0.1) is 0 Å². The highest BCUT2D eigenvalue weighted by atomic mass is 16.1. The summed E-state index contributed by atoms with van der Waals surface area (Å²) in [6, 6.07) is 5.72.